The Morgan fingerprint density at radius 3 is 2.79 bits per heavy atom. The van der Waals surface area contributed by atoms with Crippen LogP contribution in [-0.2, 0) is 0 Å². The number of aromatic hydroxyl groups is 1. The van der Waals surface area contributed by atoms with Gasteiger partial charge < -0.3 is 5.11 Å². The molecule has 3 heteroatoms. The van der Waals surface area contributed by atoms with Crippen LogP contribution in [0.2, 0.25) is 0 Å². The number of nitrogens with zero attached hydrogens (tertiary/aromatic N) is 2. The predicted octanol–water partition coefficient (Wildman–Crippen LogP) is 3.69. The van der Waals surface area contributed by atoms with Crippen molar-refractivity contribution in [1.29, 1.82) is 0 Å². The first-order chi connectivity index (χ1) is 9.33. The third-order valence-corrected chi connectivity index (χ3v) is 2.87. The second kappa shape index (κ2) is 4.90. The molecule has 0 fully saturated rings. The number of rotatable bonds is 2. The van der Waals surface area contributed by atoms with Crippen LogP contribution >= 0.6 is 0 Å². The van der Waals surface area contributed by atoms with Crippen LogP contribution in [0.25, 0.3) is 10.9 Å². The zero-order valence-corrected chi connectivity index (χ0v) is 10.2. The summed E-state index contributed by atoms with van der Waals surface area (Å²) in [7, 11) is 0. The van der Waals surface area contributed by atoms with Crippen molar-refractivity contribution in [2.24, 2.45) is 4.99 Å². The van der Waals surface area contributed by atoms with Crippen LogP contribution in [0.4, 0.5) is 5.69 Å². The van der Waals surface area contributed by atoms with Gasteiger partial charge in [-0.25, -0.2) is 0 Å². The number of aromatic nitrogens is 1. The van der Waals surface area contributed by atoms with Gasteiger partial charge in [0.1, 0.15) is 5.75 Å². The maximum Gasteiger partial charge on any atom is 0.117 e. The Morgan fingerprint density at radius 2 is 1.89 bits per heavy atom. The average molecular weight is 248 g/mol. The molecule has 19 heavy (non-hydrogen) atoms. The molecule has 3 aromatic rings. The number of phenolic OH excluding ortho intramolecular Hbond substituents is 1. The highest BCUT2D eigenvalue weighted by atomic mass is 16.3. The third-order valence-electron chi connectivity index (χ3n) is 2.87. The van der Waals surface area contributed by atoms with Crippen molar-refractivity contribution >= 4 is 22.8 Å². The second-order valence-electron chi connectivity index (χ2n) is 4.20. The molecule has 0 radical (unpaired) electrons. The van der Waals surface area contributed by atoms with E-state index in [1.807, 2.05) is 36.4 Å². The van der Waals surface area contributed by atoms with Gasteiger partial charge in [0.05, 0.1) is 11.2 Å². The maximum atomic E-state index is 9.40. The summed E-state index contributed by atoms with van der Waals surface area (Å²) in [5.74, 6) is 0.217. The van der Waals surface area contributed by atoms with Crippen LogP contribution in [0, 0.1) is 0 Å². The molecule has 3 rings (SSSR count). The van der Waals surface area contributed by atoms with Gasteiger partial charge in [0.2, 0.25) is 0 Å². The largest absolute Gasteiger partial charge is 0.508 e. The van der Waals surface area contributed by atoms with Crippen molar-refractivity contribution in [3.05, 3.63) is 66.4 Å². The number of benzene rings is 2. The smallest absolute Gasteiger partial charge is 0.117 e. The summed E-state index contributed by atoms with van der Waals surface area (Å²) >= 11 is 0. The van der Waals surface area contributed by atoms with Gasteiger partial charge >= 0.3 is 0 Å². The number of phenols is 1. The van der Waals surface area contributed by atoms with Crippen molar-refractivity contribution in [3.63, 3.8) is 0 Å². The quantitative estimate of drug-likeness (QED) is 0.703. The van der Waals surface area contributed by atoms with E-state index >= 15 is 0 Å². The molecule has 0 unspecified atom stereocenters. The molecule has 1 N–H and O–H groups in total. The Bertz CT molecular complexity index is 745. The predicted molar refractivity (Wildman–Crippen MR) is 77.1 cm³/mol. The monoisotopic (exact) mass is 248 g/mol. The molecular weight excluding hydrogens is 236 g/mol. The van der Waals surface area contributed by atoms with Crippen LogP contribution in [0.1, 0.15) is 5.56 Å². The Kier molecular flexibility index (Phi) is 2.94. The molecule has 0 saturated carbocycles. The fourth-order valence-corrected chi connectivity index (χ4v) is 1.95. The van der Waals surface area contributed by atoms with Gasteiger partial charge in [-0.3, -0.25) is 9.98 Å². The molecule has 2 aromatic carbocycles. The fourth-order valence-electron chi connectivity index (χ4n) is 1.95. The van der Waals surface area contributed by atoms with E-state index in [0.29, 0.717) is 0 Å². The van der Waals surface area contributed by atoms with E-state index < -0.39 is 0 Å². The van der Waals surface area contributed by atoms with E-state index in [1.165, 1.54) is 0 Å². The van der Waals surface area contributed by atoms with Crippen molar-refractivity contribution < 1.29 is 5.11 Å². The van der Waals surface area contributed by atoms with Crippen LogP contribution in [0.3, 0.4) is 0 Å². The first-order valence-electron chi connectivity index (χ1n) is 6.00. The summed E-state index contributed by atoms with van der Waals surface area (Å²) in [5.41, 5.74) is 2.68. The maximum absolute atomic E-state index is 9.40. The molecule has 0 spiro atoms. The topological polar surface area (TPSA) is 45.5 Å². The van der Waals surface area contributed by atoms with E-state index in [9.17, 15) is 5.11 Å². The Labute approximate surface area is 110 Å². The van der Waals surface area contributed by atoms with Gasteiger partial charge in [-0.15, -0.1) is 0 Å². The Balaban J connectivity index is 2.02. The minimum absolute atomic E-state index is 0.217. The molecule has 3 nitrogen and oxygen atoms in total. The lowest BCUT2D eigenvalue weighted by Crippen LogP contribution is -1.86. The summed E-state index contributed by atoms with van der Waals surface area (Å²) in [5, 5.41) is 10.5. The summed E-state index contributed by atoms with van der Waals surface area (Å²) in [4.78, 5) is 8.68. The van der Waals surface area contributed by atoms with E-state index in [1.54, 1.807) is 30.6 Å². The molecule has 0 aliphatic carbocycles. The van der Waals surface area contributed by atoms with E-state index in [0.717, 1.165) is 22.2 Å². The number of hydrogen-bond donors (Lipinski definition) is 1. The Hall–Kier alpha value is -2.68. The molecule has 0 aliphatic heterocycles. The zero-order chi connectivity index (χ0) is 13.1. The molecule has 92 valence electrons. The number of hydrogen-bond acceptors (Lipinski definition) is 3. The van der Waals surface area contributed by atoms with Gasteiger partial charge in [0, 0.05) is 29.4 Å². The minimum atomic E-state index is 0.217. The van der Waals surface area contributed by atoms with Gasteiger partial charge in [0.15, 0.2) is 0 Å². The highest BCUT2D eigenvalue weighted by molar-refractivity contribution is 5.98. The fraction of sp³-hybridized carbons (Fsp3) is 0. The highest BCUT2D eigenvalue weighted by Crippen LogP contribution is 2.19. The number of aliphatic imine (C=N–C) groups is 1. The SMILES string of the molecule is Oc1cccc(N=Cc2ccnc3ccccc23)c1. The molecule has 0 atom stereocenters. The van der Waals surface area contributed by atoms with Crippen molar-refractivity contribution in [3.8, 4) is 5.75 Å². The molecule has 0 aliphatic rings. The first kappa shape index (κ1) is 11.4. The van der Waals surface area contributed by atoms with Crippen molar-refractivity contribution in [2.75, 3.05) is 0 Å². The van der Waals surface area contributed by atoms with Gasteiger partial charge in [-0.1, -0.05) is 24.3 Å². The summed E-state index contributed by atoms with van der Waals surface area (Å²) < 4.78 is 0. The normalized spacial score (nSPS) is 11.2. The second-order valence-corrected chi connectivity index (χ2v) is 4.20. The summed E-state index contributed by atoms with van der Waals surface area (Å²) in [6.07, 6.45) is 3.56. The molecule has 0 bridgehead atoms. The lowest BCUT2D eigenvalue weighted by Gasteiger charge is -2.00. The van der Waals surface area contributed by atoms with Crippen LogP contribution in [-0.4, -0.2) is 16.3 Å². The van der Waals surface area contributed by atoms with Crippen LogP contribution in [0.5, 0.6) is 5.75 Å². The lowest BCUT2D eigenvalue weighted by atomic mass is 10.1. The first-order valence-corrected chi connectivity index (χ1v) is 6.00. The number of pyridine rings is 1. The van der Waals surface area contributed by atoms with Crippen molar-refractivity contribution in [1.82, 2.24) is 4.98 Å². The van der Waals surface area contributed by atoms with Gasteiger partial charge in [-0.2, -0.15) is 0 Å². The van der Waals surface area contributed by atoms with E-state index in [2.05, 4.69) is 9.98 Å². The lowest BCUT2D eigenvalue weighted by molar-refractivity contribution is 0.475. The van der Waals surface area contributed by atoms with Gasteiger partial charge in [-0.05, 0) is 24.3 Å². The summed E-state index contributed by atoms with van der Waals surface area (Å²) in [6.45, 7) is 0. The molecule has 1 heterocycles. The molecule has 1 aromatic heterocycles. The number of fused-ring (bicyclic) bond motifs is 1. The van der Waals surface area contributed by atoms with E-state index in [-0.39, 0.29) is 5.75 Å². The van der Waals surface area contributed by atoms with Crippen LogP contribution < -0.4 is 0 Å². The minimum Gasteiger partial charge on any atom is -0.508 e. The Morgan fingerprint density at radius 1 is 1.00 bits per heavy atom. The highest BCUT2D eigenvalue weighted by Gasteiger charge is 1.98. The van der Waals surface area contributed by atoms with Gasteiger partial charge in [0.25, 0.3) is 0 Å². The molecular formula is C16H12N2O. The standard InChI is InChI=1S/C16H12N2O/c19-14-5-3-4-13(10-14)18-11-12-8-9-17-16-7-2-1-6-15(12)16/h1-11,19H. The van der Waals surface area contributed by atoms with E-state index in [4.69, 9.17) is 0 Å². The molecule has 0 amide bonds. The number of para-hydroxylation sites is 1. The third kappa shape index (κ3) is 2.45. The summed E-state index contributed by atoms with van der Waals surface area (Å²) in [6, 6.07) is 16.7. The molecule has 0 saturated heterocycles. The van der Waals surface area contributed by atoms with Crippen molar-refractivity contribution in [2.45, 2.75) is 0 Å². The van der Waals surface area contributed by atoms with Crippen LogP contribution in [0.15, 0.2) is 65.8 Å². The average Bonchev–Trinajstić information content (AvgIpc) is 2.45. The zero-order valence-electron chi connectivity index (χ0n) is 10.2.